The molecule has 14 nitrogen and oxygen atoms in total. The van der Waals surface area contributed by atoms with Gasteiger partial charge in [0.2, 0.25) is 0 Å². The molecule has 4 aliphatic heterocycles. The van der Waals surface area contributed by atoms with Crippen LogP contribution in [0.25, 0.3) is 43.9 Å². The van der Waals surface area contributed by atoms with Gasteiger partial charge in [-0.1, -0.05) is 91.0 Å². The van der Waals surface area contributed by atoms with E-state index in [4.69, 9.17) is 63.7 Å². The van der Waals surface area contributed by atoms with Gasteiger partial charge in [-0.05, 0) is 6.07 Å². The molecule has 0 spiro atoms. The van der Waals surface area contributed by atoms with Crippen LogP contribution in [0.5, 0.6) is 5.75 Å². The quantitative estimate of drug-likeness (QED) is 0.136. The second kappa shape index (κ2) is 16.4. The predicted molar refractivity (Wildman–Crippen MR) is 214 cm³/mol. The van der Waals surface area contributed by atoms with Crippen LogP contribution >= 0.6 is 16.5 Å². The van der Waals surface area contributed by atoms with E-state index in [0.29, 0.717) is 86.5 Å². The molecule has 0 amide bonds. The summed E-state index contributed by atoms with van der Waals surface area (Å²) in [5, 5.41) is 3.21. The van der Waals surface area contributed by atoms with E-state index in [-0.39, 0.29) is 6.61 Å². The number of benzene rings is 5. The Bertz CT molecular complexity index is 2570. The standard InChI is InChI=1S/C43H38O14P2/c1-2-16-35(53-59-56-38-29(10-5-14-33(38)42-48-21-22-49-42)30-11-6-15-34(39(30)57-59)43-50-23-24-51-43)26(7-1)25-52-58-54-36-27(8-3-12-31(36)40-44-17-18-45-40)28-9-4-13-32(37(28)55-58)41-46-19-20-47-41/h1-16,40-43H,17-25H2. The lowest BCUT2D eigenvalue weighted by Crippen LogP contribution is -1.99. The van der Waals surface area contributed by atoms with Crippen LogP contribution < -0.4 is 9.05 Å². The predicted octanol–water partition coefficient (Wildman–Crippen LogP) is 10.5. The van der Waals surface area contributed by atoms with Crippen molar-refractivity contribution in [3.63, 3.8) is 0 Å². The first-order valence-corrected chi connectivity index (χ1v) is 21.6. The van der Waals surface area contributed by atoms with Crippen LogP contribution in [0.4, 0.5) is 0 Å². The average Bonchev–Trinajstić information content (AvgIpc) is 4.12. The van der Waals surface area contributed by atoms with E-state index in [9.17, 15) is 0 Å². The Morgan fingerprint density at radius 2 is 0.729 bits per heavy atom. The molecule has 4 saturated heterocycles. The first kappa shape index (κ1) is 37.3. The van der Waals surface area contributed by atoms with Gasteiger partial charge in [-0.25, -0.2) is 0 Å². The average molecular weight is 841 g/mol. The van der Waals surface area contributed by atoms with Crippen molar-refractivity contribution >= 4 is 60.4 Å². The van der Waals surface area contributed by atoms with Crippen LogP contribution in [0.15, 0.2) is 114 Å². The second-order valence-corrected chi connectivity index (χ2v) is 16.0. The van der Waals surface area contributed by atoms with Gasteiger partial charge in [-0.15, -0.1) is 0 Å². The fourth-order valence-corrected chi connectivity index (χ4v) is 9.96. The van der Waals surface area contributed by atoms with Gasteiger partial charge in [0.1, 0.15) is 5.75 Å². The molecule has 59 heavy (non-hydrogen) atoms. The van der Waals surface area contributed by atoms with E-state index in [1.54, 1.807) is 0 Å². The van der Waals surface area contributed by atoms with E-state index in [0.717, 1.165) is 43.8 Å². The molecule has 0 saturated carbocycles. The second-order valence-electron chi connectivity index (χ2n) is 14.0. The van der Waals surface area contributed by atoms with Gasteiger partial charge in [0, 0.05) is 27.1 Å². The van der Waals surface area contributed by atoms with Crippen LogP contribution in [0.2, 0.25) is 0 Å². The molecule has 0 atom stereocenters. The zero-order valence-corrected chi connectivity index (χ0v) is 33.3. The Balaban J connectivity index is 1.01. The minimum Gasteiger partial charge on any atom is -0.398 e. The third kappa shape index (κ3) is 7.24. The molecule has 7 aromatic rings. The molecule has 16 heteroatoms. The monoisotopic (exact) mass is 840 g/mol. The number of hydrogen-bond acceptors (Lipinski definition) is 14. The zero-order valence-electron chi connectivity index (χ0n) is 31.5. The van der Waals surface area contributed by atoms with E-state index < -0.39 is 41.6 Å². The highest BCUT2D eigenvalue weighted by Crippen LogP contribution is 2.45. The summed E-state index contributed by atoms with van der Waals surface area (Å²) < 4.78 is 87.6. The Kier molecular flexibility index (Phi) is 10.4. The number of fused-ring (bicyclic) bond motifs is 6. The summed E-state index contributed by atoms with van der Waals surface area (Å²) in [7, 11) is -4.21. The summed E-state index contributed by atoms with van der Waals surface area (Å²) in [6.07, 6.45) is -2.41. The maximum atomic E-state index is 6.72. The molecule has 304 valence electrons. The number of ether oxygens (including phenoxy) is 8. The van der Waals surface area contributed by atoms with Gasteiger partial charge in [0.05, 0.1) is 81.7 Å². The van der Waals surface area contributed by atoms with E-state index in [1.165, 1.54) is 0 Å². The Morgan fingerprint density at radius 1 is 0.390 bits per heavy atom. The van der Waals surface area contributed by atoms with Crippen molar-refractivity contribution in [2.45, 2.75) is 31.8 Å². The molecule has 0 aliphatic carbocycles. The molecule has 0 radical (unpaired) electrons. The molecule has 4 fully saturated rings. The minimum atomic E-state index is -2.13. The Hall–Kier alpha value is -4.66. The van der Waals surface area contributed by atoms with Gasteiger partial charge in [-0.3, -0.25) is 4.52 Å². The van der Waals surface area contributed by atoms with E-state index >= 15 is 0 Å². The smallest absolute Gasteiger partial charge is 0.398 e. The van der Waals surface area contributed by atoms with Crippen molar-refractivity contribution in [2.75, 3.05) is 52.9 Å². The number of para-hydroxylation sites is 5. The number of rotatable bonds is 9. The first-order chi connectivity index (χ1) is 29.2. The van der Waals surface area contributed by atoms with Crippen LogP contribution in [0.3, 0.4) is 0 Å². The first-order valence-electron chi connectivity index (χ1n) is 19.4. The maximum absolute atomic E-state index is 6.72. The van der Waals surface area contributed by atoms with Crippen LogP contribution in [-0.2, 0) is 44.5 Å². The van der Waals surface area contributed by atoms with Crippen molar-refractivity contribution < 1.29 is 63.7 Å². The molecule has 0 N–H and O–H groups in total. The van der Waals surface area contributed by atoms with Crippen LogP contribution in [-0.4, -0.2) is 52.9 Å². The van der Waals surface area contributed by atoms with Gasteiger partial charge in [-0.2, -0.15) is 0 Å². The highest BCUT2D eigenvalue weighted by molar-refractivity contribution is 7.32. The molecule has 6 heterocycles. The van der Waals surface area contributed by atoms with Crippen molar-refractivity contribution in [3.8, 4) is 5.75 Å². The molecule has 0 bridgehead atoms. The summed E-state index contributed by atoms with van der Waals surface area (Å²) in [6, 6.07) is 31.0. The summed E-state index contributed by atoms with van der Waals surface area (Å²) in [5.74, 6) is 0.479. The molecule has 11 rings (SSSR count). The lowest BCUT2D eigenvalue weighted by atomic mass is 10.0. The maximum Gasteiger partial charge on any atom is 0.453 e. The Labute approximate surface area is 338 Å². The lowest BCUT2D eigenvalue weighted by Gasteiger charge is -2.11. The third-order valence-corrected chi connectivity index (χ3v) is 12.4. The molecular formula is C43H38O14P2. The van der Waals surface area contributed by atoms with Gasteiger partial charge in [0.25, 0.3) is 0 Å². The van der Waals surface area contributed by atoms with Crippen molar-refractivity contribution in [1.29, 1.82) is 0 Å². The summed E-state index contributed by atoms with van der Waals surface area (Å²) in [6.45, 7) is 3.84. The fraction of sp³-hybridized carbons (Fsp3) is 0.302. The molecule has 2 aromatic heterocycles. The zero-order chi connectivity index (χ0) is 39.1. The third-order valence-electron chi connectivity index (χ3n) is 10.4. The lowest BCUT2D eigenvalue weighted by molar-refractivity contribution is -0.0437. The van der Waals surface area contributed by atoms with Crippen molar-refractivity contribution in [1.82, 2.24) is 0 Å². The number of hydrogen-bond donors (Lipinski definition) is 0. The van der Waals surface area contributed by atoms with Crippen molar-refractivity contribution in [2.24, 2.45) is 0 Å². The molecule has 0 unspecified atom stereocenters. The Morgan fingerprint density at radius 3 is 1.10 bits per heavy atom. The topological polar surface area (TPSA) is 145 Å². The van der Waals surface area contributed by atoms with E-state index in [1.807, 2.05) is 97.1 Å². The molecule has 5 aromatic carbocycles. The summed E-state index contributed by atoms with van der Waals surface area (Å²) >= 11 is 0. The van der Waals surface area contributed by atoms with Gasteiger partial charge in [0.15, 0.2) is 47.5 Å². The summed E-state index contributed by atoms with van der Waals surface area (Å²) in [4.78, 5) is 0. The van der Waals surface area contributed by atoms with Gasteiger partial charge < -0.3 is 59.2 Å². The van der Waals surface area contributed by atoms with Gasteiger partial charge >= 0.3 is 16.5 Å². The van der Waals surface area contributed by atoms with Crippen LogP contribution in [0.1, 0.15) is 53.0 Å². The van der Waals surface area contributed by atoms with Crippen LogP contribution in [0, 0.1) is 0 Å². The normalized spacial score (nSPS) is 18.3. The van der Waals surface area contributed by atoms with Crippen molar-refractivity contribution in [3.05, 3.63) is 125 Å². The minimum absolute atomic E-state index is 0.0457. The fourth-order valence-electron chi connectivity index (χ4n) is 7.71. The highest BCUT2D eigenvalue weighted by Gasteiger charge is 2.28. The highest BCUT2D eigenvalue weighted by atomic mass is 31.1. The largest absolute Gasteiger partial charge is 0.453 e. The molecular weight excluding hydrogens is 802 g/mol. The summed E-state index contributed by atoms with van der Waals surface area (Å²) in [5.41, 5.74) is 5.83. The SMILES string of the molecule is c1ccc(Op2oc3c(C4OCCO4)cccc3c3cccc(C4OCCO4)c3o2)c(COp2oc3c(C4OCCO4)cccc3c3cccc(C4OCCO4)c3o2)c1. The van der Waals surface area contributed by atoms with E-state index in [2.05, 4.69) is 0 Å². The molecule has 4 aliphatic rings.